The highest BCUT2D eigenvalue weighted by atomic mass is 35.5. The van der Waals surface area contributed by atoms with E-state index in [0.29, 0.717) is 17.9 Å². The number of aliphatic carboxylic acids is 1. The second-order valence-electron chi connectivity index (χ2n) is 8.41. The maximum atomic E-state index is 12.5. The second-order valence-corrected chi connectivity index (χ2v) is 9.75. The van der Waals surface area contributed by atoms with Gasteiger partial charge in [0.15, 0.2) is 0 Å². The van der Waals surface area contributed by atoms with Crippen molar-refractivity contribution in [1.29, 1.82) is 0 Å². The molecule has 0 radical (unpaired) electrons. The fourth-order valence-corrected chi connectivity index (χ4v) is 6.41. The van der Waals surface area contributed by atoms with Gasteiger partial charge in [0.1, 0.15) is 5.70 Å². The molecule has 4 heterocycles. The number of hydrogen-bond donors (Lipinski definition) is 5. The van der Waals surface area contributed by atoms with Crippen LogP contribution in [-0.4, -0.2) is 82.0 Å². The SMILES string of the molecule is C[C@@H](O)[C@H]1C(=O)N2C(C(=O)O)=C(S[C@@H]3CN[C@H](C(=O)N[C@@H]4CCNC4)C3)[C@H](C)[C@H]12.Cl. The molecule has 0 aromatic carbocycles. The van der Waals surface area contributed by atoms with E-state index in [1.54, 1.807) is 6.92 Å². The lowest BCUT2D eigenvalue weighted by Gasteiger charge is -2.46. The summed E-state index contributed by atoms with van der Waals surface area (Å²) in [6, 6.07) is -0.430. The van der Waals surface area contributed by atoms with Gasteiger partial charge in [-0.2, -0.15) is 0 Å². The Balaban J connectivity index is 0.00000256. The summed E-state index contributed by atoms with van der Waals surface area (Å²) in [5.41, 5.74) is 0.0410. The molecule has 11 heteroatoms. The normalized spacial score (nSPS) is 36.2. The lowest BCUT2D eigenvalue weighted by Crippen LogP contribution is -2.63. The molecule has 0 aliphatic carbocycles. The number of carboxylic acids is 1. The number of nitrogens with zero attached hydrogens (tertiary/aromatic N) is 1. The zero-order valence-electron chi connectivity index (χ0n) is 17.0. The molecule has 7 atom stereocenters. The Morgan fingerprint density at radius 2 is 2.07 bits per heavy atom. The average Bonchev–Trinajstić information content (AvgIpc) is 3.36. The molecule has 0 saturated carbocycles. The zero-order chi connectivity index (χ0) is 20.9. The van der Waals surface area contributed by atoms with Crippen LogP contribution in [0.2, 0.25) is 0 Å². The molecule has 4 rings (SSSR count). The third kappa shape index (κ3) is 3.95. The van der Waals surface area contributed by atoms with Gasteiger partial charge in [0, 0.05) is 35.2 Å². The summed E-state index contributed by atoms with van der Waals surface area (Å²) in [7, 11) is 0. The molecule has 0 aromatic heterocycles. The summed E-state index contributed by atoms with van der Waals surface area (Å²) in [4.78, 5) is 38.8. The van der Waals surface area contributed by atoms with Crippen LogP contribution in [0.1, 0.15) is 26.7 Å². The van der Waals surface area contributed by atoms with E-state index in [1.165, 1.54) is 16.7 Å². The number of carbonyl (C=O) groups excluding carboxylic acids is 2. The van der Waals surface area contributed by atoms with Crippen molar-refractivity contribution in [2.75, 3.05) is 19.6 Å². The third-order valence-electron chi connectivity index (χ3n) is 6.42. The first kappa shape index (κ1) is 23.3. The highest BCUT2D eigenvalue weighted by Crippen LogP contribution is 2.51. The van der Waals surface area contributed by atoms with Gasteiger partial charge in [0.25, 0.3) is 0 Å². The van der Waals surface area contributed by atoms with E-state index < -0.39 is 18.0 Å². The fourth-order valence-electron chi connectivity index (χ4n) is 4.93. The topological polar surface area (TPSA) is 131 Å². The summed E-state index contributed by atoms with van der Waals surface area (Å²) in [6.45, 7) is 5.79. The molecule has 0 bridgehead atoms. The number of nitrogens with one attached hydrogen (secondary N) is 3. The van der Waals surface area contributed by atoms with Crippen LogP contribution in [0, 0.1) is 11.8 Å². The van der Waals surface area contributed by atoms with Crippen LogP contribution < -0.4 is 16.0 Å². The smallest absolute Gasteiger partial charge is 0.353 e. The summed E-state index contributed by atoms with van der Waals surface area (Å²) in [6.07, 6.45) is 0.730. The Labute approximate surface area is 185 Å². The first-order valence-electron chi connectivity index (χ1n) is 10.2. The number of fused-ring (bicyclic) bond motifs is 1. The van der Waals surface area contributed by atoms with Crippen molar-refractivity contribution in [2.45, 2.75) is 56.2 Å². The van der Waals surface area contributed by atoms with Crippen molar-refractivity contribution >= 4 is 42.0 Å². The third-order valence-corrected chi connectivity index (χ3v) is 7.93. The van der Waals surface area contributed by atoms with Gasteiger partial charge in [-0.25, -0.2) is 4.79 Å². The Morgan fingerprint density at radius 3 is 2.67 bits per heavy atom. The van der Waals surface area contributed by atoms with Crippen molar-refractivity contribution in [3.63, 3.8) is 0 Å². The molecule has 0 aromatic rings. The van der Waals surface area contributed by atoms with Crippen molar-refractivity contribution in [2.24, 2.45) is 11.8 Å². The van der Waals surface area contributed by atoms with E-state index in [-0.39, 0.29) is 59.2 Å². The van der Waals surface area contributed by atoms with Crippen LogP contribution >= 0.6 is 24.2 Å². The number of halogens is 1. The van der Waals surface area contributed by atoms with Crippen LogP contribution in [-0.2, 0) is 14.4 Å². The van der Waals surface area contributed by atoms with Gasteiger partial charge in [0.2, 0.25) is 11.8 Å². The highest BCUT2D eigenvalue weighted by molar-refractivity contribution is 8.03. The molecule has 0 unspecified atom stereocenters. The summed E-state index contributed by atoms with van der Waals surface area (Å²) in [5, 5.41) is 29.2. The molecule has 168 valence electrons. The number of carboxylic acid groups (broad SMARTS) is 1. The molecule has 4 aliphatic heterocycles. The van der Waals surface area contributed by atoms with Crippen LogP contribution in [0.4, 0.5) is 0 Å². The van der Waals surface area contributed by atoms with Crippen molar-refractivity contribution in [3.8, 4) is 0 Å². The summed E-state index contributed by atoms with van der Waals surface area (Å²) in [5.74, 6) is -2.16. The number of aliphatic hydroxyl groups is 1. The Hall–Kier alpha value is -1.33. The zero-order valence-corrected chi connectivity index (χ0v) is 18.6. The largest absolute Gasteiger partial charge is 0.477 e. The number of rotatable bonds is 6. The molecule has 0 spiro atoms. The maximum absolute atomic E-state index is 12.5. The van der Waals surface area contributed by atoms with Gasteiger partial charge >= 0.3 is 5.97 Å². The molecular formula is C19H29ClN4O5S. The van der Waals surface area contributed by atoms with E-state index in [0.717, 1.165) is 19.5 Å². The number of aliphatic hydroxyl groups excluding tert-OH is 1. The van der Waals surface area contributed by atoms with Gasteiger partial charge in [-0.05, 0) is 26.3 Å². The second kappa shape index (κ2) is 9.04. The monoisotopic (exact) mass is 460 g/mol. The van der Waals surface area contributed by atoms with Gasteiger partial charge in [-0.1, -0.05) is 6.92 Å². The minimum Gasteiger partial charge on any atom is -0.477 e. The van der Waals surface area contributed by atoms with E-state index >= 15 is 0 Å². The maximum Gasteiger partial charge on any atom is 0.353 e. The van der Waals surface area contributed by atoms with Crippen LogP contribution in [0.5, 0.6) is 0 Å². The predicted molar refractivity (Wildman–Crippen MR) is 114 cm³/mol. The molecule has 2 amide bonds. The average molecular weight is 461 g/mol. The molecule has 3 saturated heterocycles. The lowest BCUT2D eigenvalue weighted by atomic mass is 9.79. The van der Waals surface area contributed by atoms with E-state index in [1.807, 2.05) is 6.92 Å². The fraction of sp³-hybridized carbons (Fsp3) is 0.737. The van der Waals surface area contributed by atoms with Crippen molar-refractivity contribution < 1.29 is 24.6 Å². The van der Waals surface area contributed by atoms with Crippen molar-refractivity contribution in [3.05, 3.63) is 10.6 Å². The first-order valence-corrected chi connectivity index (χ1v) is 11.1. The minimum absolute atomic E-state index is 0. The summed E-state index contributed by atoms with van der Waals surface area (Å²) >= 11 is 1.45. The summed E-state index contributed by atoms with van der Waals surface area (Å²) < 4.78 is 0. The van der Waals surface area contributed by atoms with Crippen molar-refractivity contribution in [1.82, 2.24) is 20.9 Å². The molecule has 5 N–H and O–H groups in total. The molecule has 4 aliphatic rings. The van der Waals surface area contributed by atoms with Gasteiger partial charge < -0.3 is 31.1 Å². The molecule has 30 heavy (non-hydrogen) atoms. The van der Waals surface area contributed by atoms with Crippen LogP contribution in [0.15, 0.2) is 10.6 Å². The number of carbonyl (C=O) groups is 3. The minimum atomic E-state index is -1.12. The van der Waals surface area contributed by atoms with Gasteiger partial charge in [0.05, 0.1) is 24.1 Å². The van der Waals surface area contributed by atoms with E-state index in [4.69, 9.17) is 0 Å². The molecular weight excluding hydrogens is 432 g/mol. The number of amides is 2. The Morgan fingerprint density at radius 1 is 1.33 bits per heavy atom. The van der Waals surface area contributed by atoms with Crippen LogP contribution in [0.25, 0.3) is 0 Å². The standard InChI is InChI=1S/C19H28N4O5S.ClH/c1-8-14-13(9(2)24)18(26)23(14)15(19(27)28)16(8)29-11-5-12(21-7-11)17(25)22-10-3-4-20-6-10;/h8-14,20-21,24H,3-7H2,1-2H3,(H,22,25)(H,27,28);1H/t8-,9-,10-,11+,12+,13-,14-;/m1./s1. The van der Waals surface area contributed by atoms with E-state index in [9.17, 15) is 24.6 Å². The molecule has 3 fully saturated rings. The molecule has 9 nitrogen and oxygen atoms in total. The highest BCUT2D eigenvalue weighted by Gasteiger charge is 2.60. The Kier molecular flexibility index (Phi) is 7.03. The first-order chi connectivity index (χ1) is 13.8. The van der Waals surface area contributed by atoms with Crippen LogP contribution in [0.3, 0.4) is 0 Å². The number of hydrogen-bond acceptors (Lipinski definition) is 7. The van der Waals surface area contributed by atoms with Gasteiger partial charge in [-0.3, -0.25) is 9.59 Å². The van der Waals surface area contributed by atoms with Gasteiger partial charge in [-0.15, -0.1) is 24.2 Å². The predicted octanol–water partition coefficient (Wildman–Crippen LogP) is -0.496. The number of thioether (sulfide) groups is 1. The number of β-lactam (4-membered cyclic amide) rings is 1. The lowest BCUT2D eigenvalue weighted by molar-refractivity contribution is -0.163. The quantitative estimate of drug-likeness (QED) is 0.335. The Bertz CT molecular complexity index is 757. The van der Waals surface area contributed by atoms with E-state index in [2.05, 4.69) is 16.0 Å².